The second kappa shape index (κ2) is 5.28. The Bertz CT molecular complexity index is 779. The highest BCUT2D eigenvalue weighted by atomic mass is 16.5. The molecule has 0 amide bonds. The molecule has 1 aromatic carbocycles. The van der Waals surface area contributed by atoms with Crippen molar-refractivity contribution in [2.45, 2.75) is 6.92 Å². The fraction of sp³-hybridized carbons (Fsp3) is 0.125. The molecule has 0 unspecified atom stereocenters. The number of hydrogen-bond donors (Lipinski definition) is 1. The number of pyridine rings is 1. The van der Waals surface area contributed by atoms with Gasteiger partial charge in [0.05, 0.1) is 12.8 Å². The first-order valence-electron chi connectivity index (χ1n) is 6.60. The predicted octanol–water partition coefficient (Wildman–Crippen LogP) is 2.83. The van der Waals surface area contributed by atoms with Crippen LogP contribution in [0.25, 0.3) is 17.1 Å². The van der Waals surface area contributed by atoms with E-state index in [-0.39, 0.29) is 0 Å². The standard InChI is InChI=1S/C16H16N4O/c1-11-6-7-18-16(8-11)20-15(17)10-14(19-20)12-4-3-5-13(9-12)21-2/h3-10H,17H2,1-2H3. The molecule has 0 atom stereocenters. The van der Waals surface area contributed by atoms with Gasteiger partial charge in [0.1, 0.15) is 11.6 Å². The van der Waals surface area contributed by atoms with E-state index in [1.165, 1.54) is 0 Å². The van der Waals surface area contributed by atoms with Gasteiger partial charge in [-0.05, 0) is 36.8 Å². The molecule has 106 valence electrons. The van der Waals surface area contributed by atoms with E-state index in [1.54, 1.807) is 18.0 Å². The van der Waals surface area contributed by atoms with Crippen LogP contribution >= 0.6 is 0 Å². The normalized spacial score (nSPS) is 10.6. The molecule has 5 nitrogen and oxygen atoms in total. The van der Waals surface area contributed by atoms with Crippen molar-refractivity contribution in [2.24, 2.45) is 0 Å². The Morgan fingerprint density at radius 3 is 2.76 bits per heavy atom. The molecule has 3 rings (SSSR count). The zero-order valence-corrected chi connectivity index (χ0v) is 11.9. The Labute approximate surface area is 123 Å². The minimum Gasteiger partial charge on any atom is -0.497 e. The van der Waals surface area contributed by atoms with Crippen molar-refractivity contribution in [3.63, 3.8) is 0 Å². The van der Waals surface area contributed by atoms with Gasteiger partial charge in [-0.3, -0.25) is 0 Å². The fourth-order valence-electron chi connectivity index (χ4n) is 2.14. The number of nitrogens with zero attached hydrogens (tertiary/aromatic N) is 3. The Kier molecular flexibility index (Phi) is 3.31. The van der Waals surface area contributed by atoms with E-state index in [4.69, 9.17) is 10.5 Å². The van der Waals surface area contributed by atoms with Crippen molar-refractivity contribution in [3.8, 4) is 22.8 Å². The predicted molar refractivity (Wildman–Crippen MR) is 82.5 cm³/mol. The van der Waals surface area contributed by atoms with E-state index in [0.29, 0.717) is 11.6 Å². The molecule has 0 saturated carbocycles. The van der Waals surface area contributed by atoms with Crippen molar-refractivity contribution >= 4 is 5.82 Å². The zero-order valence-electron chi connectivity index (χ0n) is 11.9. The average molecular weight is 280 g/mol. The summed E-state index contributed by atoms with van der Waals surface area (Å²) < 4.78 is 6.88. The third-order valence-electron chi connectivity index (χ3n) is 3.22. The molecule has 2 N–H and O–H groups in total. The molecule has 0 radical (unpaired) electrons. The summed E-state index contributed by atoms with van der Waals surface area (Å²) in [6.45, 7) is 2.01. The fourth-order valence-corrected chi connectivity index (χ4v) is 2.14. The Morgan fingerprint density at radius 2 is 2.00 bits per heavy atom. The molecule has 2 heterocycles. The first-order chi connectivity index (χ1) is 10.2. The molecule has 3 aromatic rings. The lowest BCUT2D eigenvalue weighted by Crippen LogP contribution is -2.03. The van der Waals surface area contributed by atoms with E-state index in [1.807, 2.05) is 49.4 Å². The highest BCUT2D eigenvalue weighted by molar-refractivity contribution is 5.64. The number of methoxy groups -OCH3 is 1. The molecule has 0 bridgehead atoms. The lowest BCUT2D eigenvalue weighted by molar-refractivity contribution is 0.415. The van der Waals surface area contributed by atoms with Gasteiger partial charge >= 0.3 is 0 Å². The van der Waals surface area contributed by atoms with E-state index in [9.17, 15) is 0 Å². The number of anilines is 1. The summed E-state index contributed by atoms with van der Waals surface area (Å²) in [7, 11) is 1.64. The Hall–Kier alpha value is -2.82. The first-order valence-corrected chi connectivity index (χ1v) is 6.60. The molecule has 0 aliphatic rings. The zero-order chi connectivity index (χ0) is 14.8. The van der Waals surface area contributed by atoms with Crippen LogP contribution in [0.2, 0.25) is 0 Å². The van der Waals surface area contributed by atoms with Gasteiger partial charge in [0.2, 0.25) is 0 Å². The maximum Gasteiger partial charge on any atom is 0.155 e. The maximum absolute atomic E-state index is 6.06. The number of hydrogen-bond acceptors (Lipinski definition) is 4. The van der Waals surface area contributed by atoms with E-state index in [2.05, 4.69) is 10.1 Å². The highest BCUT2D eigenvalue weighted by Gasteiger charge is 2.10. The van der Waals surface area contributed by atoms with Gasteiger partial charge in [-0.2, -0.15) is 9.78 Å². The Balaban J connectivity index is 2.05. The quantitative estimate of drug-likeness (QED) is 0.801. The number of nitrogen functional groups attached to an aromatic ring is 1. The lowest BCUT2D eigenvalue weighted by Gasteiger charge is -2.03. The molecular formula is C16H16N4O. The monoisotopic (exact) mass is 280 g/mol. The summed E-state index contributed by atoms with van der Waals surface area (Å²) in [6.07, 6.45) is 1.75. The number of nitrogens with two attached hydrogens (primary N) is 1. The van der Waals surface area contributed by atoms with Crippen LogP contribution in [-0.2, 0) is 0 Å². The molecule has 0 saturated heterocycles. The van der Waals surface area contributed by atoms with Crippen LogP contribution in [0.5, 0.6) is 5.75 Å². The van der Waals surface area contributed by atoms with Crippen LogP contribution in [0.4, 0.5) is 5.82 Å². The Morgan fingerprint density at radius 1 is 1.14 bits per heavy atom. The minimum atomic E-state index is 0.547. The van der Waals surface area contributed by atoms with Gasteiger partial charge < -0.3 is 10.5 Å². The third-order valence-corrected chi connectivity index (χ3v) is 3.22. The second-order valence-corrected chi connectivity index (χ2v) is 4.79. The van der Waals surface area contributed by atoms with Crippen LogP contribution < -0.4 is 10.5 Å². The number of benzene rings is 1. The van der Waals surface area contributed by atoms with Crippen molar-refractivity contribution in [3.05, 3.63) is 54.2 Å². The van der Waals surface area contributed by atoms with E-state index in [0.717, 1.165) is 22.6 Å². The number of ether oxygens (including phenoxy) is 1. The minimum absolute atomic E-state index is 0.547. The number of aryl methyl sites for hydroxylation is 1. The summed E-state index contributed by atoms with van der Waals surface area (Å²) in [4.78, 5) is 4.31. The largest absolute Gasteiger partial charge is 0.497 e. The summed E-state index contributed by atoms with van der Waals surface area (Å²) in [6, 6.07) is 13.4. The summed E-state index contributed by atoms with van der Waals surface area (Å²) in [5, 5.41) is 4.54. The maximum atomic E-state index is 6.06. The SMILES string of the molecule is COc1cccc(-c2cc(N)n(-c3cc(C)ccn3)n2)c1. The van der Waals surface area contributed by atoms with Gasteiger partial charge in [-0.15, -0.1) is 0 Å². The van der Waals surface area contributed by atoms with Crippen LogP contribution in [0.15, 0.2) is 48.7 Å². The number of rotatable bonds is 3. The van der Waals surface area contributed by atoms with Gasteiger partial charge in [0.15, 0.2) is 5.82 Å². The van der Waals surface area contributed by atoms with Gasteiger partial charge in [-0.1, -0.05) is 12.1 Å². The average Bonchev–Trinajstić information content (AvgIpc) is 2.89. The second-order valence-electron chi connectivity index (χ2n) is 4.79. The highest BCUT2D eigenvalue weighted by Crippen LogP contribution is 2.25. The van der Waals surface area contributed by atoms with Gasteiger partial charge in [0.25, 0.3) is 0 Å². The first kappa shape index (κ1) is 13.2. The molecule has 0 aliphatic carbocycles. The molecule has 21 heavy (non-hydrogen) atoms. The molecule has 0 fully saturated rings. The van der Waals surface area contributed by atoms with Crippen LogP contribution in [-0.4, -0.2) is 21.9 Å². The molecule has 0 aliphatic heterocycles. The molecule has 0 spiro atoms. The van der Waals surface area contributed by atoms with Crippen molar-refractivity contribution in [1.82, 2.24) is 14.8 Å². The summed E-state index contributed by atoms with van der Waals surface area (Å²) >= 11 is 0. The van der Waals surface area contributed by atoms with Crippen molar-refractivity contribution < 1.29 is 4.74 Å². The van der Waals surface area contributed by atoms with Crippen LogP contribution in [0.3, 0.4) is 0 Å². The van der Waals surface area contributed by atoms with Gasteiger partial charge in [0, 0.05) is 17.8 Å². The summed E-state index contributed by atoms with van der Waals surface area (Å²) in [5.74, 6) is 2.04. The molecule has 2 aromatic heterocycles. The number of aromatic nitrogens is 3. The van der Waals surface area contributed by atoms with Crippen LogP contribution in [0.1, 0.15) is 5.56 Å². The van der Waals surface area contributed by atoms with E-state index < -0.39 is 0 Å². The van der Waals surface area contributed by atoms with Gasteiger partial charge in [-0.25, -0.2) is 4.98 Å². The van der Waals surface area contributed by atoms with Crippen LogP contribution in [0, 0.1) is 6.92 Å². The summed E-state index contributed by atoms with van der Waals surface area (Å²) in [5.41, 5.74) is 8.91. The lowest BCUT2D eigenvalue weighted by atomic mass is 10.1. The topological polar surface area (TPSA) is 66.0 Å². The molecule has 5 heteroatoms. The van der Waals surface area contributed by atoms with Crippen molar-refractivity contribution in [2.75, 3.05) is 12.8 Å². The third kappa shape index (κ3) is 2.58. The smallest absolute Gasteiger partial charge is 0.155 e. The van der Waals surface area contributed by atoms with Crippen molar-refractivity contribution in [1.29, 1.82) is 0 Å². The molecular weight excluding hydrogens is 264 g/mol. The van der Waals surface area contributed by atoms with E-state index >= 15 is 0 Å².